The lowest BCUT2D eigenvalue weighted by molar-refractivity contribution is -0.138. The Labute approximate surface area is 212 Å². The van der Waals surface area contributed by atoms with E-state index in [4.69, 9.17) is 16.0 Å². The molecule has 0 amide bonds. The van der Waals surface area contributed by atoms with Crippen LogP contribution < -0.4 is 5.32 Å². The van der Waals surface area contributed by atoms with Crippen molar-refractivity contribution in [1.29, 1.82) is 0 Å². The van der Waals surface area contributed by atoms with Crippen molar-refractivity contribution >= 4 is 50.4 Å². The van der Waals surface area contributed by atoms with E-state index >= 15 is 0 Å². The minimum Gasteiger partial charge on any atom is -0.445 e. The molecule has 3 aromatic heterocycles. The van der Waals surface area contributed by atoms with Crippen molar-refractivity contribution in [2.45, 2.75) is 26.4 Å². The topological polar surface area (TPSA) is 130 Å². The second-order valence-corrected chi connectivity index (χ2v) is 9.01. The summed E-state index contributed by atoms with van der Waals surface area (Å²) in [7, 11) is 0. The second kappa shape index (κ2) is 10.5. The third kappa shape index (κ3) is 5.73. The maximum atomic E-state index is 11.5. The molecule has 0 fully saturated rings. The van der Waals surface area contributed by atoms with Gasteiger partial charge in [0, 0.05) is 30.4 Å². The molecule has 9 nitrogen and oxygen atoms in total. The molecule has 5 rings (SSSR count). The number of aromatic amines is 1. The van der Waals surface area contributed by atoms with E-state index in [9.17, 15) is 18.7 Å². The summed E-state index contributed by atoms with van der Waals surface area (Å²) in [6.07, 6.45) is 4.77. The minimum atomic E-state index is -3.14. The van der Waals surface area contributed by atoms with Crippen LogP contribution in [0.2, 0.25) is 5.02 Å². The highest BCUT2D eigenvalue weighted by molar-refractivity contribution is 7.18. The number of hydrogen-bond donors (Lipinski definition) is 3. The first kappa shape index (κ1) is 25.4. The summed E-state index contributed by atoms with van der Waals surface area (Å²) in [6, 6.07) is 9.35. The number of aliphatic hydroxyl groups excluding tert-OH is 1. The number of aliphatic hydroxyl groups is 1. The lowest BCUT2D eigenvalue weighted by atomic mass is 10.1. The molecule has 0 aliphatic carbocycles. The van der Waals surface area contributed by atoms with Crippen LogP contribution in [0.3, 0.4) is 0 Å². The number of aromatic nitrogens is 5. The molecule has 0 bridgehead atoms. The van der Waals surface area contributed by atoms with Gasteiger partial charge in [0.05, 0.1) is 35.2 Å². The number of anilines is 2. The Hall–Kier alpha value is -3.74. The van der Waals surface area contributed by atoms with E-state index in [1.807, 2.05) is 30.3 Å². The average Bonchev–Trinajstić information content (AvgIpc) is 3.62. The number of nitrogens with zero attached hydrogens (tertiary/aromatic N) is 4. The number of carbonyl (C=O) groups is 1. The fraction of sp³-hybridized carbons (Fsp3) is 0.174. The number of hydrogen-bond acceptors (Lipinski definition) is 9. The average molecular weight is 533 g/mol. The Balaban J connectivity index is 0.000000384. The largest absolute Gasteiger partial charge is 0.445 e. The lowest BCUT2D eigenvalue weighted by Gasteiger charge is -2.05. The Morgan fingerprint density at radius 3 is 2.67 bits per heavy atom. The van der Waals surface area contributed by atoms with E-state index in [1.54, 1.807) is 12.4 Å². The highest BCUT2D eigenvalue weighted by atomic mass is 35.5. The van der Waals surface area contributed by atoms with Crippen LogP contribution in [-0.4, -0.2) is 42.2 Å². The van der Waals surface area contributed by atoms with Gasteiger partial charge in [-0.1, -0.05) is 22.9 Å². The SMILES string of the molecule is CC(=O)C(C)(F)F.OCc1cc(-c2ncco2)cc(-c2nnc(Nc3ccc4[nH]ncc4c3Cl)s2)c1. The highest BCUT2D eigenvalue weighted by Gasteiger charge is 2.26. The Bertz CT molecular complexity index is 1500. The van der Waals surface area contributed by atoms with Crippen LogP contribution in [0.1, 0.15) is 19.4 Å². The Morgan fingerprint density at radius 2 is 2.00 bits per heavy atom. The number of carbonyl (C=O) groups excluding carboxylic acids is 1. The number of nitrogens with one attached hydrogen (secondary N) is 2. The first-order valence-corrected chi connectivity index (χ1v) is 11.6. The zero-order valence-electron chi connectivity index (χ0n) is 18.9. The normalized spacial score (nSPS) is 11.3. The van der Waals surface area contributed by atoms with Crippen molar-refractivity contribution in [2.24, 2.45) is 0 Å². The summed E-state index contributed by atoms with van der Waals surface area (Å²) in [4.78, 5) is 13.9. The smallest absolute Gasteiger partial charge is 0.302 e. The van der Waals surface area contributed by atoms with Gasteiger partial charge in [-0.3, -0.25) is 9.89 Å². The van der Waals surface area contributed by atoms with Crippen molar-refractivity contribution in [3.8, 4) is 22.0 Å². The highest BCUT2D eigenvalue weighted by Crippen LogP contribution is 2.35. The summed E-state index contributed by atoms with van der Waals surface area (Å²) >= 11 is 7.84. The standard InChI is InChI=1S/C19H13ClN6O2S.C4H6F2O/c20-16-13-8-22-24-14(13)1-2-15(16)23-19-26-25-18(29-19)12-6-10(9-27)5-11(7-12)17-21-3-4-28-17;1-3(7)4(2,5)6/h1-8,27H,9H2,(H,22,24)(H,23,26);1-2H3. The fourth-order valence-corrected chi connectivity index (χ4v) is 3.99. The lowest BCUT2D eigenvalue weighted by Crippen LogP contribution is -2.20. The van der Waals surface area contributed by atoms with Gasteiger partial charge in [0.1, 0.15) is 11.3 Å². The molecule has 3 N–H and O–H groups in total. The van der Waals surface area contributed by atoms with Crippen molar-refractivity contribution < 1.29 is 23.1 Å². The maximum Gasteiger partial charge on any atom is 0.302 e. The molecule has 0 aliphatic heterocycles. The number of oxazole rings is 1. The van der Waals surface area contributed by atoms with Gasteiger partial charge in [-0.2, -0.15) is 13.9 Å². The van der Waals surface area contributed by atoms with Crippen LogP contribution in [0.25, 0.3) is 32.9 Å². The van der Waals surface area contributed by atoms with Crippen molar-refractivity contribution in [3.05, 3.63) is 59.6 Å². The monoisotopic (exact) mass is 532 g/mol. The van der Waals surface area contributed by atoms with Gasteiger partial charge < -0.3 is 14.8 Å². The van der Waals surface area contributed by atoms with Crippen molar-refractivity contribution in [2.75, 3.05) is 5.32 Å². The molecule has 186 valence electrons. The van der Waals surface area contributed by atoms with E-state index < -0.39 is 11.7 Å². The molecule has 0 aliphatic rings. The number of benzene rings is 2. The number of alkyl halides is 2. The first-order chi connectivity index (χ1) is 17.2. The molecule has 0 unspecified atom stereocenters. The molecule has 0 saturated carbocycles. The minimum absolute atomic E-state index is 0.105. The second-order valence-electron chi connectivity index (χ2n) is 7.65. The molecule has 36 heavy (non-hydrogen) atoms. The molecule has 0 spiro atoms. The van der Waals surface area contributed by atoms with Crippen LogP contribution in [0, 0.1) is 0 Å². The third-order valence-corrected chi connectivity index (χ3v) is 6.24. The van der Waals surface area contributed by atoms with Gasteiger partial charge >= 0.3 is 5.92 Å². The van der Waals surface area contributed by atoms with Gasteiger partial charge in [-0.05, 0) is 35.9 Å². The van der Waals surface area contributed by atoms with E-state index in [0.717, 1.165) is 34.5 Å². The van der Waals surface area contributed by atoms with E-state index in [-0.39, 0.29) is 6.61 Å². The predicted molar refractivity (Wildman–Crippen MR) is 132 cm³/mol. The van der Waals surface area contributed by atoms with Gasteiger partial charge in [0.2, 0.25) is 11.0 Å². The quantitative estimate of drug-likeness (QED) is 0.248. The van der Waals surface area contributed by atoms with Gasteiger partial charge in [0.25, 0.3) is 0 Å². The summed E-state index contributed by atoms with van der Waals surface area (Å²) in [6.45, 7) is 1.33. The molecular weight excluding hydrogens is 514 g/mol. The Morgan fingerprint density at radius 1 is 1.25 bits per heavy atom. The van der Waals surface area contributed by atoms with Crippen LogP contribution >= 0.6 is 22.9 Å². The summed E-state index contributed by atoms with van der Waals surface area (Å²) in [5.41, 5.74) is 3.88. The maximum absolute atomic E-state index is 11.5. The van der Waals surface area contributed by atoms with Crippen LogP contribution in [0.4, 0.5) is 19.6 Å². The van der Waals surface area contributed by atoms with E-state index in [1.165, 1.54) is 17.6 Å². The number of fused-ring (bicyclic) bond motifs is 1. The molecule has 0 radical (unpaired) electrons. The molecule has 2 aromatic carbocycles. The van der Waals surface area contributed by atoms with Gasteiger partial charge in [-0.15, -0.1) is 10.2 Å². The molecule has 13 heteroatoms. The van der Waals surface area contributed by atoms with E-state index in [0.29, 0.717) is 33.7 Å². The predicted octanol–water partition coefficient (Wildman–Crippen LogP) is 5.86. The van der Waals surface area contributed by atoms with Crippen molar-refractivity contribution in [3.63, 3.8) is 0 Å². The third-order valence-electron chi connectivity index (χ3n) is 4.94. The fourth-order valence-electron chi connectivity index (χ4n) is 2.98. The number of ketones is 1. The Kier molecular flexibility index (Phi) is 7.38. The molecule has 0 saturated heterocycles. The van der Waals surface area contributed by atoms with Crippen LogP contribution in [0.5, 0.6) is 0 Å². The zero-order valence-corrected chi connectivity index (χ0v) is 20.5. The van der Waals surface area contributed by atoms with E-state index in [2.05, 4.69) is 30.7 Å². The first-order valence-electron chi connectivity index (χ1n) is 10.4. The van der Waals surface area contributed by atoms with Gasteiger partial charge in [0.15, 0.2) is 5.78 Å². The molecule has 3 heterocycles. The molecule has 0 atom stereocenters. The molecule has 5 aromatic rings. The summed E-state index contributed by atoms with van der Waals surface area (Å²) in [5.74, 6) is -3.75. The van der Waals surface area contributed by atoms with Crippen LogP contribution in [-0.2, 0) is 11.4 Å². The zero-order chi connectivity index (χ0) is 25.9. The summed E-state index contributed by atoms with van der Waals surface area (Å²) in [5, 5.41) is 30.9. The van der Waals surface area contributed by atoms with Gasteiger partial charge in [-0.25, -0.2) is 4.98 Å². The van der Waals surface area contributed by atoms with Crippen molar-refractivity contribution in [1.82, 2.24) is 25.4 Å². The number of H-pyrrole nitrogens is 1. The van der Waals surface area contributed by atoms with Crippen LogP contribution in [0.15, 0.2) is 53.4 Å². The summed E-state index contributed by atoms with van der Waals surface area (Å²) < 4.78 is 28.4. The number of halogens is 3. The number of rotatable bonds is 6. The number of Topliss-reactive ketones (excluding diaryl/α,β-unsaturated/α-hetero) is 1. The molecular formula is C23H19ClF2N6O3S.